The average molecular weight is 265 g/mol. The molecule has 5 heteroatoms. The highest BCUT2D eigenvalue weighted by Crippen LogP contribution is 2.24. The Bertz CT molecular complexity index is 528. The van der Waals surface area contributed by atoms with Crippen molar-refractivity contribution in [3.05, 3.63) is 34.6 Å². The van der Waals surface area contributed by atoms with E-state index in [-0.39, 0.29) is 0 Å². The van der Waals surface area contributed by atoms with Gasteiger partial charge in [0.25, 0.3) is 0 Å². The first-order chi connectivity index (χ1) is 8.65. The molecule has 0 saturated carbocycles. The van der Waals surface area contributed by atoms with E-state index in [0.29, 0.717) is 11.6 Å². The van der Waals surface area contributed by atoms with Crippen LogP contribution in [0.25, 0.3) is 11.4 Å². The van der Waals surface area contributed by atoms with Crippen molar-refractivity contribution < 1.29 is 0 Å². The number of hydrogen-bond acceptors (Lipinski definition) is 3. The summed E-state index contributed by atoms with van der Waals surface area (Å²) in [5.74, 6) is 1.65. The van der Waals surface area contributed by atoms with Gasteiger partial charge in [0, 0.05) is 17.1 Å². The zero-order valence-electron chi connectivity index (χ0n) is 10.7. The molecule has 1 aromatic heterocycles. The van der Waals surface area contributed by atoms with E-state index >= 15 is 0 Å². The van der Waals surface area contributed by atoms with E-state index in [4.69, 9.17) is 17.3 Å². The van der Waals surface area contributed by atoms with Crippen LogP contribution in [0, 0.1) is 6.92 Å². The van der Waals surface area contributed by atoms with Crippen molar-refractivity contribution in [3.8, 4) is 11.4 Å². The Kier molecular flexibility index (Phi) is 3.99. The summed E-state index contributed by atoms with van der Waals surface area (Å²) in [6, 6.07) is 5.89. The Balaban J connectivity index is 2.52. The fourth-order valence-electron chi connectivity index (χ4n) is 2.02. The van der Waals surface area contributed by atoms with E-state index in [9.17, 15) is 0 Å². The maximum atomic E-state index is 6.09. The molecule has 0 atom stereocenters. The summed E-state index contributed by atoms with van der Waals surface area (Å²) in [5, 5.41) is 9.08. The van der Waals surface area contributed by atoms with Crippen LogP contribution in [0.3, 0.4) is 0 Å². The second kappa shape index (κ2) is 5.50. The van der Waals surface area contributed by atoms with Crippen molar-refractivity contribution in [2.24, 2.45) is 5.73 Å². The van der Waals surface area contributed by atoms with Crippen LogP contribution in [0.5, 0.6) is 0 Å². The van der Waals surface area contributed by atoms with Crippen LogP contribution in [0.4, 0.5) is 0 Å². The number of aromatic nitrogens is 3. The number of aryl methyl sites for hydroxylation is 1. The summed E-state index contributed by atoms with van der Waals surface area (Å²) in [5.41, 5.74) is 7.78. The monoisotopic (exact) mass is 264 g/mol. The molecule has 2 rings (SSSR count). The average Bonchev–Trinajstić information content (AvgIpc) is 2.71. The van der Waals surface area contributed by atoms with E-state index in [0.717, 1.165) is 35.7 Å². The number of halogens is 1. The van der Waals surface area contributed by atoms with E-state index in [1.807, 2.05) is 19.1 Å². The van der Waals surface area contributed by atoms with Crippen molar-refractivity contribution >= 4 is 11.6 Å². The molecule has 0 aliphatic rings. The molecule has 0 unspecified atom stereocenters. The zero-order chi connectivity index (χ0) is 13.1. The van der Waals surface area contributed by atoms with E-state index in [1.165, 1.54) is 0 Å². The summed E-state index contributed by atoms with van der Waals surface area (Å²) in [7, 11) is 0. The van der Waals surface area contributed by atoms with Gasteiger partial charge in [-0.05, 0) is 37.1 Å². The van der Waals surface area contributed by atoms with Gasteiger partial charge < -0.3 is 10.3 Å². The lowest BCUT2D eigenvalue weighted by atomic mass is 10.1. The van der Waals surface area contributed by atoms with Gasteiger partial charge >= 0.3 is 0 Å². The first-order valence-electron chi connectivity index (χ1n) is 6.05. The summed E-state index contributed by atoms with van der Waals surface area (Å²) >= 11 is 6.09. The molecule has 0 aliphatic heterocycles. The zero-order valence-corrected chi connectivity index (χ0v) is 11.4. The molecule has 1 heterocycles. The standard InChI is InChI=1S/C13H17ClN4/c1-3-4-18-12(8-15)16-17-13(18)10-5-9(2)6-11(14)7-10/h5-7H,3-4,8,15H2,1-2H3. The Labute approximate surface area is 112 Å². The van der Waals surface area contributed by atoms with Gasteiger partial charge in [0.15, 0.2) is 5.82 Å². The van der Waals surface area contributed by atoms with Crippen LogP contribution < -0.4 is 5.73 Å². The maximum absolute atomic E-state index is 6.09. The third-order valence-corrected chi connectivity index (χ3v) is 2.98. The minimum Gasteiger partial charge on any atom is -0.324 e. The van der Waals surface area contributed by atoms with Crippen LogP contribution in [-0.2, 0) is 13.1 Å². The number of hydrogen-bond donors (Lipinski definition) is 1. The molecule has 0 bridgehead atoms. The summed E-state index contributed by atoms with van der Waals surface area (Å²) in [6.07, 6.45) is 1.01. The first-order valence-corrected chi connectivity index (χ1v) is 6.43. The highest BCUT2D eigenvalue weighted by atomic mass is 35.5. The highest BCUT2D eigenvalue weighted by Gasteiger charge is 2.12. The lowest BCUT2D eigenvalue weighted by Gasteiger charge is -2.09. The highest BCUT2D eigenvalue weighted by molar-refractivity contribution is 6.30. The van der Waals surface area contributed by atoms with Crippen LogP contribution >= 0.6 is 11.6 Å². The Morgan fingerprint density at radius 3 is 2.67 bits per heavy atom. The quantitative estimate of drug-likeness (QED) is 0.924. The van der Waals surface area contributed by atoms with Crippen LogP contribution in [-0.4, -0.2) is 14.8 Å². The van der Waals surface area contributed by atoms with Gasteiger partial charge in [-0.25, -0.2) is 0 Å². The Morgan fingerprint density at radius 1 is 1.28 bits per heavy atom. The molecule has 0 radical (unpaired) electrons. The first kappa shape index (κ1) is 13.1. The molecule has 0 spiro atoms. The fraction of sp³-hybridized carbons (Fsp3) is 0.385. The van der Waals surface area contributed by atoms with Crippen LogP contribution in [0.15, 0.2) is 18.2 Å². The largest absolute Gasteiger partial charge is 0.324 e. The topological polar surface area (TPSA) is 56.7 Å². The third kappa shape index (κ3) is 2.54. The fourth-order valence-corrected chi connectivity index (χ4v) is 2.31. The smallest absolute Gasteiger partial charge is 0.164 e. The number of nitrogens with zero attached hydrogens (tertiary/aromatic N) is 3. The molecule has 4 nitrogen and oxygen atoms in total. The van der Waals surface area contributed by atoms with Crippen molar-refractivity contribution in [1.82, 2.24) is 14.8 Å². The lowest BCUT2D eigenvalue weighted by Crippen LogP contribution is -2.09. The molecule has 96 valence electrons. The van der Waals surface area contributed by atoms with Gasteiger partial charge in [-0.1, -0.05) is 18.5 Å². The number of rotatable bonds is 4. The normalized spacial score (nSPS) is 10.9. The Hall–Kier alpha value is -1.39. The van der Waals surface area contributed by atoms with E-state index in [2.05, 4.69) is 27.8 Å². The maximum Gasteiger partial charge on any atom is 0.164 e. The molecular formula is C13H17ClN4. The molecular weight excluding hydrogens is 248 g/mol. The Morgan fingerprint density at radius 2 is 2.06 bits per heavy atom. The second-order valence-electron chi connectivity index (χ2n) is 4.31. The van der Waals surface area contributed by atoms with Gasteiger partial charge in [-0.2, -0.15) is 0 Å². The van der Waals surface area contributed by atoms with Crippen molar-refractivity contribution in [1.29, 1.82) is 0 Å². The van der Waals surface area contributed by atoms with Gasteiger partial charge in [0.2, 0.25) is 0 Å². The van der Waals surface area contributed by atoms with Crippen LogP contribution in [0.1, 0.15) is 24.7 Å². The van der Waals surface area contributed by atoms with Gasteiger partial charge in [0.05, 0.1) is 6.54 Å². The second-order valence-corrected chi connectivity index (χ2v) is 4.75. The molecule has 0 aliphatic carbocycles. The van der Waals surface area contributed by atoms with Crippen molar-refractivity contribution in [2.45, 2.75) is 33.4 Å². The molecule has 0 saturated heterocycles. The molecule has 0 amide bonds. The summed E-state index contributed by atoms with van der Waals surface area (Å²) in [6.45, 7) is 5.39. The molecule has 18 heavy (non-hydrogen) atoms. The van der Waals surface area contributed by atoms with Gasteiger partial charge in [0.1, 0.15) is 5.82 Å². The summed E-state index contributed by atoms with van der Waals surface area (Å²) < 4.78 is 2.06. The summed E-state index contributed by atoms with van der Waals surface area (Å²) in [4.78, 5) is 0. The molecule has 0 fully saturated rings. The minimum absolute atomic E-state index is 0.395. The van der Waals surface area contributed by atoms with E-state index < -0.39 is 0 Å². The predicted octanol–water partition coefficient (Wildman–Crippen LogP) is 2.78. The van der Waals surface area contributed by atoms with Crippen molar-refractivity contribution in [3.63, 3.8) is 0 Å². The lowest BCUT2D eigenvalue weighted by molar-refractivity contribution is 0.644. The number of benzene rings is 1. The minimum atomic E-state index is 0.395. The predicted molar refractivity (Wildman–Crippen MR) is 73.4 cm³/mol. The third-order valence-electron chi connectivity index (χ3n) is 2.76. The van der Waals surface area contributed by atoms with Gasteiger partial charge in [-0.15, -0.1) is 10.2 Å². The van der Waals surface area contributed by atoms with Crippen LogP contribution in [0.2, 0.25) is 5.02 Å². The molecule has 2 N–H and O–H groups in total. The number of nitrogens with two attached hydrogens (primary N) is 1. The van der Waals surface area contributed by atoms with Crippen molar-refractivity contribution in [2.75, 3.05) is 0 Å². The molecule has 2 aromatic rings. The SMILES string of the molecule is CCCn1c(CN)nnc1-c1cc(C)cc(Cl)c1. The molecule has 1 aromatic carbocycles. The van der Waals surface area contributed by atoms with Gasteiger partial charge in [-0.3, -0.25) is 0 Å². The van der Waals surface area contributed by atoms with E-state index in [1.54, 1.807) is 0 Å².